The van der Waals surface area contributed by atoms with Crippen LogP contribution in [-0.2, 0) is 47.5 Å². The number of H-pyrrole nitrogens is 2. The molecule has 0 fully saturated rings. The standard InChI is InChI=1S/C44H50N6O12S2/c1-55-16-18-59-24-26-61-22-20-57-14-12-49-39-29(5-3-11-45-39)35(43(49)53)37-41(51)48-38(42(52)47-37)36-30-7-8-31(32-9-10-34(64-32)33-6-4-28-63-33)46-40(30)50(44(36)54)13-15-58-21-23-62-27-25-60-19-17-56-2/h3-11,28H,12-27H2,1-2H3,(H,47,52)(H,48,51)/b37-35-,38-36-. The molecule has 0 spiro atoms. The Kier molecular flexibility index (Phi) is 17.2. The Labute approximate surface area is 376 Å². The first kappa shape index (κ1) is 46.7. The lowest BCUT2D eigenvalue weighted by Gasteiger charge is -2.16. The van der Waals surface area contributed by atoms with E-state index in [1.54, 1.807) is 61.2 Å². The predicted octanol–water partition coefficient (Wildman–Crippen LogP) is 1.79. The lowest BCUT2D eigenvalue weighted by Crippen LogP contribution is -2.50. The number of nitrogens with zero attached hydrogens (tertiary/aromatic N) is 4. The van der Waals surface area contributed by atoms with Crippen LogP contribution < -0.4 is 31.6 Å². The second-order valence-corrected chi connectivity index (χ2v) is 16.1. The molecule has 5 aromatic heterocycles. The summed E-state index contributed by atoms with van der Waals surface area (Å²) in [4.78, 5) is 77.0. The molecule has 5 aromatic rings. The molecular weight excluding hydrogens is 869 g/mol. The van der Waals surface area contributed by atoms with Crippen LogP contribution in [0.4, 0.5) is 11.6 Å². The van der Waals surface area contributed by atoms with E-state index in [4.69, 9.17) is 42.9 Å². The predicted molar refractivity (Wildman–Crippen MR) is 240 cm³/mol. The summed E-state index contributed by atoms with van der Waals surface area (Å²) in [5, 5.41) is 1.50. The minimum atomic E-state index is -0.773. The number of thiophene rings is 2. The molecule has 18 nitrogen and oxygen atoms in total. The third-order valence-electron chi connectivity index (χ3n) is 9.95. The lowest BCUT2D eigenvalue weighted by molar-refractivity contribution is -0.114. The van der Waals surface area contributed by atoms with Crippen LogP contribution in [0.3, 0.4) is 0 Å². The van der Waals surface area contributed by atoms with Gasteiger partial charge in [0.05, 0.1) is 127 Å². The highest BCUT2D eigenvalue weighted by Gasteiger charge is 2.37. The Morgan fingerprint density at radius 3 is 1.56 bits per heavy atom. The van der Waals surface area contributed by atoms with Crippen molar-refractivity contribution in [3.05, 3.63) is 103 Å². The highest BCUT2D eigenvalue weighted by molar-refractivity contribution is 7.23. The van der Waals surface area contributed by atoms with Gasteiger partial charge in [0.25, 0.3) is 22.9 Å². The van der Waals surface area contributed by atoms with Crippen LogP contribution >= 0.6 is 22.7 Å². The Morgan fingerprint density at radius 1 is 0.531 bits per heavy atom. The molecule has 64 heavy (non-hydrogen) atoms. The first-order valence-corrected chi connectivity index (χ1v) is 22.4. The normalized spacial score (nSPS) is 15.2. The van der Waals surface area contributed by atoms with E-state index in [9.17, 15) is 19.2 Å². The monoisotopic (exact) mass is 918 g/mol. The summed E-state index contributed by atoms with van der Waals surface area (Å²) in [6.45, 7) is 5.38. The maximum atomic E-state index is 14.4. The molecule has 0 saturated carbocycles. The van der Waals surface area contributed by atoms with Crippen LogP contribution in [0.25, 0.3) is 31.5 Å². The number of methoxy groups -OCH3 is 2. The number of hydrogen-bond donors (Lipinski definition) is 2. The Balaban J connectivity index is 1.11. The van der Waals surface area contributed by atoms with Gasteiger partial charge in [-0.15, -0.1) is 22.7 Å². The molecule has 0 aliphatic carbocycles. The van der Waals surface area contributed by atoms with Crippen molar-refractivity contribution in [2.45, 2.75) is 0 Å². The number of fused-ring (bicyclic) bond motifs is 2. The molecule has 20 heteroatoms. The van der Waals surface area contributed by atoms with Gasteiger partial charge in [-0.2, -0.15) is 0 Å². The highest BCUT2D eigenvalue weighted by Crippen LogP contribution is 2.39. The molecule has 2 aliphatic rings. The van der Waals surface area contributed by atoms with E-state index in [1.807, 2.05) is 23.6 Å². The third kappa shape index (κ3) is 11.3. The fraction of sp³-hybridized carbons (Fsp3) is 0.409. The van der Waals surface area contributed by atoms with E-state index in [0.717, 1.165) is 14.6 Å². The molecule has 7 heterocycles. The summed E-state index contributed by atoms with van der Waals surface area (Å²) in [5.41, 5.74) is -0.244. The molecule has 0 unspecified atom stereocenters. The summed E-state index contributed by atoms with van der Waals surface area (Å²) in [6, 6.07) is 14.9. The Hall–Kier alpha value is -5.26. The van der Waals surface area contributed by atoms with Gasteiger partial charge in [0, 0.05) is 41.3 Å². The minimum Gasteiger partial charge on any atom is -0.382 e. The zero-order chi connectivity index (χ0) is 44.7. The van der Waals surface area contributed by atoms with Crippen molar-refractivity contribution in [3.63, 3.8) is 0 Å². The quantitative estimate of drug-likeness (QED) is 0.0760. The SMILES string of the molecule is COCCOCCOCCOCCN1C(=O)/C(=c2\[nH]c(=O)/c(=C3/C(=O)N(CCOCCOCCOCCOC)c4nc(-c5ccc(-c6cccs6)s5)ccc43)[nH]c2=O)c2cccnc21. The molecule has 7 rings (SSSR count). The van der Waals surface area contributed by atoms with Crippen molar-refractivity contribution in [1.29, 1.82) is 0 Å². The number of anilines is 2. The third-order valence-corrected chi connectivity index (χ3v) is 12.1. The molecule has 340 valence electrons. The molecule has 0 radical (unpaired) electrons. The van der Waals surface area contributed by atoms with Gasteiger partial charge in [0.1, 0.15) is 22.3 Å². The van der Waals surface area contributed by atoms with Gasteiger partial charge >= 0.3 is 0 Å². The maximum Gasteiger partial charge on any atom is 0.273 e. The van der Waals surface area contributed by atoms with Crippen LogP contribution in [0.2, 0.25) is 0 Å². The van der Waals surface area contributed by atoms with Crippen molar-refractivity contribution in [3.8, 4) is 20.3 Å². The number of carbonyl (C=O) groups is 2. The maximum absolute atomic E-state index is 14.4. The number of rotatable bonds is 26. The number of nitrogens with one attached hydrogen (secondary N) is 2. The number of ether oxygens (including phenoxy) is 8. The Morgan fingerprint density at radius 2 is 1.03 bits per heavy atom. The van der Waals surface area contributed by atoms with Gasteiger partial charge in [-0.1, -0.05) is 6.07 Å². The number of amides is 2. The first-order valence-electron chi connectivity index (χ1n) is 20.7. The molecule has 0 atom stereocenters. The number of hydrogen-bond acceptors (Lipinski definition) is 16. The van der Waals surface area contributed by atoms with Gasteiger partial charge < -0.3 is 47.9 Å². The van der Waals surface area contributed by atoms with Crippen LogP contribution in [0.5, 0.6) is 0 Å². The van der Waals surface area contributed by atoms with Crippen molar-refractivity contribution < 1.29 is 47.5 Å². The van der Waals surface area contributed by atoms with Gasteiger partial charge in [0.2, 0.25) is 0 Å². The number of aromatic nitrogens is 4. The van der Waals surface area contributed by atoms with E-state index in [1.165, 1.54) is 16.0 Å². The summed E-state index contributed by atoms with van der Waals surface area (Å²) < 4.78 is 43.3. The highest BCUT2D eigenvalue weighted by atomic mass is 32.1. The largest absolute Gasteiger partial charge is 0.382 e. The van der Waals surface area contributed by atoms with Crippen LogP contribution in [0, 0.1) is 0 Å². The fourth-order valence-electron chi connectivity index (χ4n) is 6.91. The van der Waals surface area contributed by atoms with Crippen LogP contribution in [0.1, 0.15) is 11.1 Å². The number of aromatic amines is 2. The van der Waals surface area contributed by atoms with Gasteiger partial charge in [0.15, 0.2) is 0 Å². The lowest BCUT2D eigenvalue weighted by atomic mass is 10.1. The van der Waals surface area contributed by atoms with E-state index in [0.29, 0.717) is 94.5 Å². The molecular formula is C44H50N6O12S2. The Bertz CT molecular complexity index is 2600. The molecule has 0 aromatic carbocycles. The second kappa shape index (κ2) is 23.6. The zero-order valence-electron chi connectivity index (χ0n) is 35.6. The van der Waals surface area contributed by atoms with Crippen molar-refractivity contribution in [2.75, 3.05) is 130 Å². The average molecular weight is 919 g/mol. The summed E-state index contributed by atoms with van der Waals surface area (Å²) >= 11 is 3.21. The van der Waals surface area contributed by atoms with E-state index in [-0.39, 0.29) is 61.4 Å². The van der Waals surface area contributed by atoms with Crippen LogP contribution in [-0.4, -0.2) is 152 Å². The summed E-state index contributed by atoms with van der Waals surface area (Å²) in [6.07, 6.45) is 1.54. The van der Waals surface area contributed by atoms with E-state index < -0.39 is 22.9 Å². The van der Waals surface area contributed by atoms with Crippen molar-refractivity contribution in [2.24, 2.45) is 0 Å². The summed E-state index contributed by atoms with van der Waals surface area (Å²) in [7, 11) is 3.22. The smallest absolute Gasteiger partial charge is 0.273 e. The van der Waals surface area contributed by atoms with E-state index >= 15 is 0 Å². The van der Waals surface area contributed by atoms with Crippen LogP contribution in [0.15, 0.2) is 69.7 Å². The minimum absolute atomic E-state index is 0.0292. The number of carbonyl (C=O) groups excluding carboxylic acids is 2. The molecule has 2 aliphatic heterocycles. The van der Waals surface area contributed by atoms with Crippen molar-refractivity contribution in [1.82, 2.24) is 19.9 Å². The van der Waals surface area contributed by atoms with Crippen molar-refractivity contribution >= 4 is 57.3 Å². The summed E-state index contributed by atoms with van der Waals surface area (Å²) in [5.74, 6) is -0.443. The average Bonchev–Trinajstić information content (AvgIpc) is 4.12. The van der Waals surface area contributed by atoms with Gasteiger partial charge in [-0.25, -0.2) is 9.97 Å². The second-order valence-electron chi connectivity index (χ2n) is 14.1. The number of pyridine rings is 2. The van der Waals surface area contributed by atoms with E-state index in [2.05, 4.69) is 21.0 Å². The van der Waals surface area contributed by atoms with Gasteiger partial charge in [-0.3, -0.25) is 29.0 Å². The zero-order valence-corrected chi connectivity index (χ0v) is 37.2. The topological polar surface area (TPSA) is 206 Å². The fourth-order valence-corrected chi connectivity index (χ4v) is 8.72. The molecule has 0 saturated heterocycles. The molecule has 2 N–H and O–H groups in total. The van der Waals surface area contributed by atoms with Gasteiger partial charge in [-0.05, 0) is 47.8 Å². The molecule has 2 amide bonds. The molecule has 0 bridgehead atoms. The first-order chi connectivity index (χ1) is 31.4.